The third kappa shape index (κ3) is 3.68. The first kappa shape index (κ1) is 12.3. The zero-order valence-electron chi connectivity index (χ0n) is 8.70. The first-order chi connectivity index (χ1) is 7.15. The minimum Gasteiger partial charge on any atom is -0.396 e. The number of nitrogens with one attached hydrogen (secondary N) is 1. The maximum atomic E-state index is 8.72. The number of pyridine rings is 1. The number of rotatable bonds is 5. The molecule has 0 saturated heterocycles. The molecule has 1 aromatic heterocycles. The van der Waals surface area contributed by atoms with Crippen LogP contribution >= 0.6 is 15.9 Å². The quantitative estimate of drug-likeness (QED) is 0.768. The molecule has 1 heterocycles. The Bertz CT molecular complexity index is 299. The zero-order valence-corrected chi connectivity index (χ0v) is 10.3. The lowest BCUT2D eigenvalue weighted by Crippen LogP contribution is -2.17. The molecule has 1 atom stereocenters. The molecule has 0 spiro atoms. The lowest BCUT2D eigenvalue weighted by Gasteiger charge is -2.17. The van der Waals surface area contributed by atoms with Crippen molar-refractivity contribution in [3.8, 4) is 0 Å². The summed E-state index contributed by atoms with van der Waals surface area (Å²) in [6.07, 6.45) is 5.02. The van der Waals surface area contributed by atoms with Crippen molar-refractivity contribution in [2.75, 3.05) is 17.7 Å². The van der Waals surface area contributed by atoms with E-state index in [1.165, 1.54) is 0 Å². The van der Waals surface area contributed by atoms with Gasteiger partial charge in [0.2, 0.25) is 0 Å². The highest BCUT2D eigenvalue weighted by Crippen LogP contribution is 2.27. The molecule has 1 aromatic rings. The number of aromatic nitrogens is 1. The maximum Gasteiger partial charge on any atom is 0.0752 e. The number of aliphatic hydroxyl groups is 1. The van der Waals surface area contributed by atoms with Crippen molar-refractivity contribution >= 4 is 27.3 Å². The van der Waals surface area contributed by atoms with Gasteiger partial charge in [-0.1, -0.05) is 0 Å². The van der Waals surface area contributed by atoms with Crippen molar-refractivity contribution in [3.05, 3.63) is 16.9 Å². The van der Waals surface area contributed by atoms with E-state index >= 15 is 0 Å². The molecule has 5 heteroatoms. The minimum atomic E-state index is 0.221. The highest BCUT2D eigenvalue weighted by Gasteiger charge is 2.08. The number of aliphatic hydroxyl groups excluding tert-OH is 1. The molecule has 0 aromatic carbocycles. The zero-order chi connectivity index (χ0) is 11.3. The van der Waals surface area contributed by atoms with Gasteiger partial charge in [-0.15, -0.1) is 0 Å². The largest absolute Gasteiger partial charge is 0.396 e. The highest BCUT2D eigenvalue weighted by atomic mass is 79.9. The first-order valence-corrected chi connectivity index (χ1v) is 5.70. The Hall–Kier alpha value is -0.810. The fourth-order valence-electron chi connectivity index (χ4n) is 1.32. The monoisotopic (exact) mass is 273 g/mol. The van der Waals surface area contributed by atoms with Crippen molar-refractivity contribution in [2.24, 2.45) is 0 Å². The summed E-state index contributed by atoms with van der Waals surface area (Å²) in [7, 11) is 0. The second kappa shape index (κ2) is 5.92. The van der Waals surface area contributed by atoms with Gasteiger partial charge in [-0.3, -0.25) is 4.98 Å². The van der Waals surface area contributed by atoms with Crippen LogP contribution in [0, 0.1) is 0 Å². The van der Waals surface area contributed by atoms with Gasteiger partial charge in [0.1, 0.15) is 0 Å². The van der Waals surface area contributed by atoms with Gasteiger partial charge in [-0.25, -0.2) is 0 Å². The lowest BCUT2D eigenvalue weighted by atomic mass is 10.2. The molecule has 1 unspecified atom stereocenters. The number of hydrogen-bond acceptors (Lipinski definition) is 4. The van der Waals surface area contributed by atoms with Crippen LogP contribution < -0.4 is 11.1 Å². The van der Waals surface area contributed by atoms with E-state index in [4.69, 9.17) is 10.8 Å². The summed E-state index contributed by atoms with van der Waals surface area (Å²) in [6.45, 7) is 2.28. The van der Waals surface area contributed by atoms with Gasteiger partial charge in [-0.2, -0.15) is 0 Å². The molecule has 15 heavy (non-hydrogen) atoms. The normalized spacial score (nSPS) is 12.5. The molecule has 1 rings (SSSR count). The second-order valence-electron chi connectivity index (χ2n) is 3.50. The predicted molar refractivity (Wildman–Crippen MR) is 65.8 cm³/mol. The van der Waals surface area contributed by atoms with Crippen LogP contribution in [0.15, 0.2) is 16.9 Å². The summed E-state index contributed by atoms with van der Waals surface area (Å²) in [4.78, 5) is 3.96. The van der Waals surface area contributed by atoms with E-state index in [1.807, 2.05) is 0 Å². The predicted octanol–water partition coefficient (Wildman–Crippen LogP) is 2.00. The second-order valence-corrected chi connectivity index (χ2v) is 4.35. The van der Waals surface area contributed by atoms with Crippen LogP contribution in [0.2, 0.25) is 0 Å². The van der Waals surface area contributed by atoms with Gasteiger partial charge in [-0.05, 0) is 35.7 Å². The lowest BCUT2D eigenvalue weighted by molar-refractivity contribution is 0.282. The smallest absolute Gasteiger partial charge is 0.0752 e. The van der Waals surface area contributed by atoms with Crippen LogP contribution in [-0.4, -0.2) is 22.7 Å². The molecule has 0 bridgehead atoms. The molecule has 0 radical (unpaired) electrons. The molecule has 0 aliphatic rings. The number of anilines is 2. The third-order valence-corrected chi connectivity index (χ3v) is 2.72. The van der Waals surface area contributed by atoms with E-state index < -0.39 is 0 Å². The number of nitrogens with zero attached hydrogens (tertiary/aromatic N) is 1. The van der Waals surface area contributed by atoms with E-state index in [9.17, 15) is 0 Å². The summed E-state index contributed by atoms with van der Waals surface area (Å²) < 4.78 is 0.860. The van der Waals surface area contributed by atoms with E-state index in [2.05, 4.69) is 33.2 Å². The van der Waals surface area contributed by atoms with Crippen molar-refractivity contribution in [3.63, 3.8) is 0 Å². The van der Waals surface area contributed by atoms with E-state index in [1.54, 1.807) is 12.4 Å². The van der Waals surface area contributed by atoms with Crippen LogP contribution in [0.5, 0.6) is 0 Å². The number of nitrogens with two attached hydrogens (primary N) is 1. The summed E-state index contributed by atoms with van der Waals surface area (Å²) in [5, 5.41) is 12.0. The van der Waals surface area contributed by atoms with Crippen molar-refractivity contribution in [1.29, 1.82) is 0 Å². The average Bonchev–Trinajstić information content (AvgIpc) is 2.21. The van der Waals surface area contributed by atoms with Gasteiger partial charge >= 0.3 is 0 Å². The molecule has 84 valence electrons. The Morgan fingerprint density at radius 1 is 1.60 bits per heavy atom. The molecule has 0 aliphatic carbocycles. The van der Waals surface area contributed by atoms with Gasteiger partial charge < -0.3 is 16.2 Å². The summed E-state index contributed by atoms with van der Waals surface area (Å²) >= 11 is 3.39. The van der Waals surface area contributed by atoms with Gasteiger partial charge in [0.25, 0.3) is 0 Å². The SMILES string of the molecule is CC(CCCO)Nc1c(N)cncc1Br. The Morgan fingerprint density at radius 3 is 2.93 bits per heavy atom. The molecule has 0 fully saturated rings. The van der Waals surface area contributed by atoms with Gasteiger partial charge in [0.15, 0.2) is 0 Å². The maximum absolute atomic E-state index is 8.72. The fraction of sp³-hybridized carbons (Fsp3) is 0.500. The summed E-state index contributed by atoms with van der Waals surface area (Å²) in [6, 6.07) is 0.276. The van der Waals surface area contributed by atoms with Crippen LogP contribution in [0.4, 0.5) is 11.4 Å². The third-order valence-electron chi connectivity index (χ3n) is 2.11. The Kier molecular flexibility index (Phi) is 4.84. The molecule has 0 saturated carbocycles. The van der Waals surface area contributed by atoms with Crippen LogP contribution in [0.3, 0.4) is 0 Å². The van der Waals surface area contributed by atoms with Crippen molar-refractivity contribution < 1.29 is 5.11 Å². The topological polar surface area (TPSA) is 71.2 Å². The fourth-order valence-corrected chi connectivity index (χ4v) is 1.78. The minimum absolute atomic E-state index is 0.221. The van der Waals surface area contributed by atoms with E-state index in [-0.39, 0.29) is 12.6 Å². The Balaban J connectivity index is 2.63. The van der Waals surface area contributed by atoms with E-state index in [0.717, 1.165) is 23.0 Å². The Morgan fingerprint density at radius 2 is 2.33 bits per heavy atom. The van der Waals surface area contributed by atoms with Crippen LogP contribution in [0.1, 0.15) is 19.8 Å². The highest BCUT2D eigenvalue weighted by molar-refractivity contribution is 9.10. The average molecular weight is 274 g/mol. The molecule has 0 amide bonds. The summed E-state index contributed by atoms with van der Waals surface area (Å²) in [5.74, 6) is 0. The first-order valence-electron chi connectivity index (χ1n) is 4.91. The van der Waals surface area contributed by atoms with Crippen molar-refractivity contribution in [1.82, 2.24) is 4.98 Å². The summed E-state index contributed by atoms with van der Waals surface area (Å²) in [5.41, 5.74) is 7.29. The van der Waals surface area contributed by atoms with E-state index in [0.29, 0.717) is 5.69 Å². The molecule has 4 nitrogen and oxygen atoms in total. The number of halogens is 1. The van der Waals surface area contributed by atoms with Crippen molar-refractivity contribution in [2.45, 2.75) is 25.8 Å². The number of hydrogen-bond donors (Lipinski definition) is 3. The molecule has 4 N–H and O–H groups in total. The molecular weight excluding hydrogens is 258 g/mol. The van der Waals surface area contributed by atoms with Crippen LogP contribution in [-0.2, 0) is 0 Å². The Labute approximate surface area is 98.0 Å². The van der Waals surface area contributed by atoms with Gasteiger partial charge in [0.05, 0.1) is 22.0 Å². The molecular formula is C10H16BrN3O. The number of nitrogen functional groups attached to an aromatic ring is 1. The standard InChI is InChI=1S/C10H16BrN3O/c1-7(3-2-4-15)14-10-8(11)5-13-6-9(10)12/h5-7,15H,2-4,12H2,1H3,(H,13,14). The molecule has 0 aliphatic heterocycles. The van der Waals surface area contributed by atoms with Gasteiger partial charge in [0, 0.05) is 18.8 Å². The van der Waals surface area contributed by atoms with Crippen LogP contribution in [0.25, 0.3) is 0 Å².